The largest absolute Gasteiger partial charge is 0.433 e. The standard InChI is InChI=1S/C22H23F3IN7O/c23-22(24,25)15-9-14(4-6-27-15)32-12-21(13-32)5-7-31(11-21)16-10-28-18-19(26)30-33(20(18)29-16)17-3-1-2-8-34-17/h4,6,9-10,17H,1-3,5,7-8,11-13H2. The highest BCUT2D eigenvalue weighted by molar-refractivity contribution is 14.1. The quantitative estimate of drug-likeness (QED) is 0.426. The van der Waals surface area contributed by atoms with Crippen LogP contribution >= 0.6 is 22.6 Å². The fourth-order valence-corrected chi connectivity index (χ4v) is 5.85. The number of nitrogens with zero attached hydrogens (tertiary/aromatic N) is 7. The molecule has 12 heteroatoms. The molecule has 1 atom stereocenters. The van der Waals surface area contributed by atoms with Crippen molar-refractivity contribution in [2.45, 2.75) is 38.1 Å². The van der Waals surface area contributed by atoms with Gasteiger partial charge in [0.05, 0.1) is 6.20 Å². The van der Waals surface area contributed by atoms with E-state index in [2.05, 4.69) is 42.6 Å². The van der Waals surface area contributed by atoms with E-state index in [4.69, 9.17) is 9.72 Å². The number of rotatable bonds is 3. The number of hydrogen-bond donors (Lipinski definition) is 0. The van der Waals surface area contributed by atoms with Crippen LogP contribution < -0.4 is 9.80 Å². The summed E-state index contributed by atoms with van der Waals surface area (Å²) in [6.45, 7) is 3.79. The summed E-state index contributed by atoms with van der Waals surface area (Å²) in [5.74, 6) is 0.805. The fraction of sp³-hybridized carbons (Fsp3) is 0.545. The molecule has 3 aromatic rings. The highest BCUT2D eigenvalue weighted by Gasteiger charge is 2.48. The molecule has 180 valence electrons. The molecule has 3 aliphatic heterocycles. The molecule has 3 aliphatic rings. The van der Waals surface area contributed by atoms with Crippen LogP contribution in [0.1, 0.15) is 37.6 Å². The van der Waals surface area contributed by atoms with E-state index in [1.54, 1.807) is 12.3 Å². The molecule has 0 N–H and O–H groups in total. The molecule has 0 saturated carbocycles. The van der Waals surface area contributed by atoms with E-state index in [1.807, 2.05) is 9.58 Å². The predicted octanol–water partition coefficient (Wildman–Crippen LogP) is 4.26. The van der Waals surface area contributed by atoms with E-state index in [-0.39, 0.29) is 11.6 Å². The van der Waals surface area contributed by atoms with Gasteiger partial charge in [-0.2, -0.15) is 18.3 Å². The summed E-state index contributed by atoms with van der Waals surface area (Å²) >= 11 is 2.19. The maximum Gasteiger partial charge on any atom is 0.433 e. The molecule has 3 saturated heterocycles. The fourth-order valence-electron chi connectivity index (χ4n) is 5.24. The number of hydrogen-bond acceptors (Lipinski definition) is 7. The van der Waals surface area contributed by atoms with Gasteiger partial charge in [0.15, 0.2) is 15.6 Å². The molecule has 8 nitrogen and oxygen atoms in total. The average Bonchev–Trinajstić information content (AvgIpc) is 3.40. The Morgan fingerprint density at radius 1 is 1.12 bits per heavy atom. The molecule has 1 spiro atoms. The van der Waals surface area contributed by atoms with Crippen molar-refractivity contribution in [3.63, 3.8) is 0 Å². The number of aromatic nitrogens is 5. The van der Waals surface area contributed by atoms with Crippen LogP contribution in [0.3, 0.4) is 0 Å². The van der Waals surface area contributed by atoms with Crippen molar-refractivity contribution in [1.29, 1.82) is 0 Å². The van der Waals surface area contributed by atoms with E-state index in [0.29, 0.717) is 18.8 Å². The topological polar surface area (TPSA) is 72.2 Å². The summed E-state index contributed by atoms with van der Waals surface area (Å²) in [5.41, 5.74) is 1.27. The number of ether oxygens (including phenoxy) is 1. The van der Waals surface area contributed by atoms with Crippen molar-refractivity contribution in [2.24, 2.45) is 5.41 Å². The van der Waals surface area contributed by atoms with Crippen molar-refractivity contribution in [3.05, 3.63) is 33.9 Å². The zero-order valence-electron chi connectivity index (χ0n) is 18.3. The summed E-state index contributed by atoms with van der Waals surface area (Å²) in [6, 6.07) is 2.78. The average molecular weight is 585 g/mol. The van der Waals surface area contributed by atoms with Gasteiger partial charge in [-0.25, -0.2) is 14.6 Å². The lowest BCUT2D eigenvalue weighted by atomic mass is 9.79. The lowest BCUT2D eigenvalue weighted by Crippen LogP contribution is -2.57. The second kappa shape index (κ2) is 8.18. The molecule has 3 fully saturated rings. The SMILES string of the molecule is FC(F)(F)c1cc(N2CC3(CCN(c4cnc5c(I)nn(C6CCCCO6)c5n4)C3)C2)ccn1. The van der Waals surface area contributed by atoms with Gasteiger partial charge in [-0.3, -0.25) is 4.98 Å². The van der Waals surface area contributed by atoms with Crippen LogP contribution in [-0.4, -0.2) is 57.5 Å². The molecule has 0 amide bonds. The Bertz CT molecular complexity index is 1220. The molecular formula is C22H23F3IN7O. The van der Waals surface area contributed by atoms with Gasteiger partial charge < -0.3 is 14.5 Å². The summed E-state index contributed by atoms with van der Waals surface area (Å²) in [7, 11) is 0. The summed E-state index contributed by atoms with van der Waals surface area (Å²) in [4.78, 5) is 17.3. The normalized spacial score (nSPS) is 22.5. The maximum absolute atomic E-state index is 13.0. The Balaban J connectivity index is 1.19. The lowest BCUT2D eigenvalue weighted by molar-refractivity contribution is -0.141. The summed E-state index contributed by atoms with van der Waals surface area (Å²) in [6.07, 6.45) is 2.51. The molecule has 6 heterocycles. The molecule has 1 unspecified atom stereocenters. The lowest BCUT2D eigenvalue weighted by Gasteiger charge is -2.49. The molecule has 0 aromatic carbocycles. The van der Waals surface area contributed by atoms with Gasteiger partial charge in [-0.05, 0) is 60.4 Å². The van der Waals surface area contributed by atoms with Crippen molar-refractivity contribution in [3.8, 4) is 0 Å². The zero-order chi connectivity index (χ0) is 23.5. The van der Waals surface area contributed by atoms with Gasteiger partial charge >= 0.3 is 6.18 Å². The van der Waals surface area contributed by atoms with Gasteiger partial charge in [0.1, 0.15) is 17.0 Å². The molecule has 3 aromatic heterocycles. The van der Waals surface area contributed by atoms with Crippen molar-refractivity contribution in [1.82, 2.24) is 24.7 Å². The Morgan fingerprint density at radius 2 is 1.94 bits per heavy atom. The van der Waals surface area contributed by atoms with E-state index < -0.39 is 11.9 Å². The first-order valence-electron chi connectivity index (χ1n) is 11.4. The Hall–Kier alpha value is -2.22. The van der Waals surface area contributed by atoms with Gasteiger partial charge in [0.2, 0.25) is 0 Å². The molecule has 0 radical (unpaired) electrons. The van der Waals surface area contributed by atoms with Crippen LogP contribution in [0.2, 0.25) is 0 Å². The second-order valence-corrected chi connectivity index (χ2v) is 10.4. The van der Waals surface area contributed by atoms with Gasteiger partial charge in [-0.1, -0.05) is 0 Å². The highest BCUT2D eigenvalue weighted by Crippen LogP contribution is 2.43. The number of fused-ring (bicyclic) bond motifs is 1. The zero-order valence-corrected chi connectivity index (χ0v) is 20.5. The van der Waals surface area contributed by atoms with Crippen molar-refractivity contribution in [2.75, 3.05) is 42.6 Å². The third-order valence-corrected chi connectivity index (χ3v) is 7.72. The first kappa shape index (κ1) is 22.3. The highest BCUT2D eigenvalue weighted by atomic mass is 127. The van der Waals surface area contributed by atoms with Crippen LogP contribution in [0, 0.1) is 9.12 Å². The van der Waals surface area contributed by atoms with Crippen LogP contribution in [0.15, 0.2) is 24.5 Å². The van der Waals surface area contributed by atoms with Crippen LogP contribution in [0.25, 0.3) is 11.2 Å². The Kier molecular flexibility index (Phi) is 5.35. The van der Waals surface area contributed by atoms with E-state index in [9.17, 15) is 13.2 Å². The van der Waals surface area contributed by atoms with E-state index >= 15 is 0 Å². The smallest absolute Gasteiger partial charge is 0.370 e. The van der Waals surface area contributed by atoms with Gasteiger partial charge in [0.25, 0.3) is 0 Å². The monoisotopic (exact) mass is 585 g/mol. The minimum Gasteiger partial charge on any atom is -0.370 e. The number of anilines is 2. The predicted molar refractivity (Wildman–Crippen MR) is 128 cm³/mol. The number of halogens is 4. The van der Waals surface area contributed by atoms with Crippen molar-refractivity contribution >= 4 is 45.3 Å². The minimum atomic E-state index is -4.44. The molecule has 34 heavy (non-hydrogen) atoms. The molecule has 0 aliphatic carbocycles. The van der Waals surface area contributed by atoms with Crippen LogP contribution in [0.5, 0.6) is 0 Å². The third kappa shape index (κ3) is 3.88. The van der Waals surface area contributed by atoms with Gasteiger partial charge in [0, 0.05) is 50.1 Å². The third-order valence-electron chi connectivity index (χ3n) is 6.99. The maximum atomic E-state index is 13.0. The van der Waals surface area contributed by atoms with E-state index in [0.717, 1.165) is 72.1 Å². The first-order valence-corrected chi connectivity index (χ1v) is 12.4. The van der Waals surface area contributed by atoms with Crippen LogP contribution in [0.4, 0.5) is 24.7 Å². The molecule has 6 rings (SSSR count). The summed E-state index contributed by atoms with van der Waals surface area (Å²) in [5, 5.41) is 4.65. The minimum absolute atomic E-state index is 0.0411. The first-order chi connectivity index (χ1) is 16.3. The Labute approximate surface area is 207 Å². The molecule has 0 bridgehead atoms. The van der Waals surface area contributed by atoms with E-state index in [1.165, 1.54) is 6.20 Å². The second-order valence-electron chi connectivity index (χ2n) is 9.38. The summed E-state index contributed by atoms with van der Waals surface area (Å²) < 4.78 is 47.7. The number of pyridine rings is 1. The molecular weight excluding hydrogens is 562 g/mol. The number of alkyl halides is 3. The van der Waals surface area contributed by atoms with Crippen LogP contribution in [-0.2, 0) is 10.9 Å². The van der Waals surface area contributed by atoms with Crippen molar-refractivity contribution < 1.29 is 17.9 Å². The van der Waals surface area contributed by atoms with Gasteiger partial charge in [-0.15, -0.1) is 0 Å². The Morgan fingerprint density at radius 3 is 2.71 bits per heavy atom.